The molecule has 0 saturated carbocycles. The summed E-state index contributed by atoms with van der Waals surface area (Å²) in [5.74, 6) is -2.90. The van der Waals surface area contributed by atoms with Gasteiger partial charge in [-0.2, -0.15) is 0 Å². The monoisotopic (exact) mass is 562 g/mol. The number of nitrogens with zero attached hydrogens (tertiary/aromatic N) is 1. The van der Waals surface area contributed by atoms with Gasteiger partial charge in [-0.05, 0) is 53.5 Å². The van der Waals surface area contributed by atoms with Crippen LogP contribution in [-0.2, 0) is 32.2 Å². The number of rotatable bonds is 12. The molecule has 3 unspecified atom stereocenters. The quantitative estimate of drug-likeness (QED) is 0.278. The molecule has 0 heterocycles. The summed E-state index contributed by atoms with van der Waals surface area (Å²) in [4.78, 5) is 38.7. The van der Waals surface area contributed by atoms with Crippen molar-refractivity contribution in [1.82, 2.24) is 5.32 Å². The molecule has 0 aliphatic carbocycles. The molecule has 0 saturated heterocycles. The largest absolute Gasteiger partial charge is 0.593 e. The molecule has 3 rings (SSSR count). The Balaban J connectivity index is 1.70. The van der Waals surface area contributed by atoms with Crippen LogP contribution < -0.4 is 9.62 Å². The predicted molar refractivity (Wildman–Crippen MR) is 160 cm³/mol. The van der Waals surface area contributed by atoms with E-state index in [1.54, 1.807) is 30.3 Å². The molecular formula is C32H38N2O5S. The molecular weight excluding hydrogens is 524 g/mol. The van der Waals surface area contributed by atoms with Gasteiger partial charge in [-0.1, -0.05) is 93.6 Å². The van der Waals surface area contributed by atoms with Gasteiger partial charge in [0.05, 0.1) is 23.5 Å². The van der Waals surface area contributed by atoms with Crippen molar-refractivity contribution in [2.24, 2.45) is 11.3 Å². The number of carboxylic acids is 1. The van der Waals surface area contributed by atoms with Gasteiger partial charge in [0, 0.05) is 5.92 Å². The van der Waals surface area contributed by atoms with Crippen LogP contribution in [0.5, 0.6) is 0 Å². The van der Waals surface area contributed by atoms with Crippen molar-refractivity contribution in [1.29, 1.82) is 0 Å². The van der Waals surface area contributed by atoms with Gasteiger partial charge in [-0.3, -0.25) is 14.4 Å². The lowest BCUT2D eigenvalue weighted by Gasteiger charge is -2.34. The highest BCUT2D eigenvalue weighted by molar-refractivity contribution is 7.92. The molecule has 7 nitrogen and oxygen atoms in total. The Labute approximate surface area is 239 Å². The first-order valence-corrected chi connectivity index (χ1v) is 14.9. The normalized spacial score (nSPS) is 13.6. The van der Waals surface area contributed by atoms with Crippen LogP contribution in [0.1, 0.15) is 45.6 Å². The van der Waals surface area contributed by atoms with Crippen LogP contribution in [0.2, 0.25) is 0 Å². The Morgan fingerprint density at radius 3 is 1.98 bits per heavy atom. The maximum absolute atomic E-state index is 13.6. The van der Waals surface area contributed by atoms with E-state index in [1.165, 1.54) is 10.6 Å². The highest BCUT2D eigenvalue weighted by Gasteiger charge is 2.41. The summed E-state index contributed by atoms with van der Waals surface area (Å²) < 4.78 is 13.8. The van der Waals surface area contributed by atoms with E-state index in [9.17, 15) is 24.0 Å². The van der Waals surface area contributed by atoms with Crippen molar-refractivity contribution in [3.63, 3.8) is 0 Å². The first-order valence-electron chi connectivity index (χ1n) is 13.4. The van der Waals surface area contributed by atoms with Crippen LogP contribution in [0, 0.1) is 11.3 Å². The summed E-state index contributed by atoms with van der Waals surface area (Å²) in [5.41, 5.74) is 3.09. The lowest BCUT2D eigenvalue weighted by atomic mass is 9.85. The number of benzene rings is 3. The van der Waals surface area contributed by atoms with Crippen molar-refractivity contribution in [3.05, 3.63) is 90.5 Å². The Hall–Kier alpha value is -3.62. The van der Waals surface area contributed by atoms with Crippen LogP contribution in [0.4, 0.5) is 5.69 Å². The molecule has 2 amide bonds. The standard InChI is InChI=1S/C32H38N2O5S/c1-32(2,3)29(31(38)34(40(4)39)27-16-9-6-10-17-27)33-30(37)26(22-28(35)36)15-11-12-23-18-20-25(21-19-23)24-13-7-5-8-14-24/h5-10,13-14,16-21,26,29H,11-12,15,22H2,1-4H3,(H,33,37)(H,35,36). The minimum atomic E-state index is -1.68. The second-order valence-corrected chi connectivity index (χ2v) is 12.2. The third kappa shape index (κ3) is 8.69. The zero-order valence-corrected chi connectivity index (χ0v) is 24.3. The molecule has 2 N–H and O–H groups in total. The molecule has 0 fully saturated rings. The molecule has 0 bridgehead atoms. The van der Waals surface area contributed by atoms with Crippen molar-refractivity contribution in [2.45, 2.75) is 52.5 Å². The average molecular weight is 563 g/mol. The highest BCUT2D eigenvalue weighted by atomic mass is 32.2. The zero-order chi connectivity index (χ0) is 29.3. The smallest absolute Gasteiger partial charge is 0.304 e. The Bertz CT molecular complexity index is 1260. The predicted octanol–water partition coefficient (Wildman–Crippen LogP) is 5.62. The Morgan fingerprint density at radius 2 is 1.45 bits per heavy atom. The number of hydrogen-bond acceptors (Lipinski definition) is 4. The maximum atomic E-state index is 13.6. The molecule has 3 aromatic carbocycles. The summed E-state index contributed by atoms with van der Waals surface area (Å²) in [6.07, 6.45) is 2.72. The fourth-order valence-electron chi connectivity index (χ4n) is 4.58. The minimum absolute atomic E-state index is 0.341. The third-order valence-electron chi connectivity index (χ3n) is 6.72. The molecule has 8 heteroatoms. The summed E-state index contributed by atoms with van der Waals surface area (Å²) in [6.45, 7) is 5.43. The van der Waals surface area contributed by atoms with E-state index >= 15 is 0 Å². The van der Waals surface area contributed by atoms with Gasteiger partial charge in [0.25, 0.3) is 5.91 Å². The third-order valence-corrected chi connectivity index (χ3v) is 7.62. The summed E-state index contributed by atoms with van der Waals surface area (Å²) in [5, 5.41) is 12.3. The molecule has 40 heavy (non-hydrogen) atoms. The number of amides is 2. The number of carboxylic acid groups (broad SMARTS) is 1. The van der Waals surface area contributed by atoms with E-state index < -0.39 is 46.5 Å². The van der Waals surface area contributed by atoms with E-state index in [1.807, 2.05) is 51.1 Å². The van der Waals surface area contributed by atoms with E-state index in [0.29, 0.717) is 24.9 Å². The number of carbonyl (C=O) groups excluding carboxylic acids is 2. The topological polar surface area (TPSA) is 110 Å². The first-order chi connectivity index (χ1) is 19.0. The van der Waals surface area contributed by atoms with E-state index in [-0.39, 0.29) is 6.42 Å². The van der Waals surface area contributed by atoms with Gasteiger partial charge in [0.1, 0.15) is 12.3 Å². The van der Waals surface area contributed by atoms with Crippen LogP contribution in [0.15, 0.2) is 84.9 Å². The molecule has 3 aromatic rings. The number of carbonyl (C=O) groups is 3. The van der Waals surface area contributed by atoms with Crippen LogP contribution >= 0.6 is 0 Å². The van der Waals surface area contributed by atoms with Crippen molar-refractivity contribution >= 4 is 34.8 Å². The fourth-order valence-corrected chi connectivity index (χ4v) is 5.35. The zero-order valence-electron chi connectivity index (χ0n) is 23.5. The first kappa shape index (κ1) is 30.9. The Morgan fingerprint density at radius 1 is 0.900 bits per heavy atom. The lowest BCUT2D eigenvalue weighted by Crippen LogP contribution is -2.57. The molecule has 212 valence electrons. The summed E-state index contributed by atoms with van der Waals surface area (Å²) in [7, 11) is 0. The average Bonchev–Trinajstić information content (AvgIpc) is 2.91. The van der Waals surface area contributed by atoms with Crippen molar-refractivity contribution in [2.75, 3.05) is 10.6 Å². The van der Waals surface area contributed by atoms with Gasteiger partial charge in [0.2, 0.25) is 5.91 Å². The minimum Gasteiger partial charge on any atom is -0.593 e. The number of anilines is 1. The van der Waals surface area contributed by atoms with Crippen LogP contribution in [0.3, 0.4) is 0 Å². The van der Waals surface area contributed by atoms with Crippen molar-refractivity contribution in [3.8, 4) is 11.1 Å². The van der Waals surface area contributed by atoms with E-state index in [4.69, 9.17) is 0 Å². The molecule has 0 radical (unpaired) electrons. The van der Waals surface area contributed by atoms with Gasteiger partial charge in [0.15, 0.2) is 0 Å². The highest BCUT2D eigenvalue weighted by Crippen LogP contribution is 2.27. The summed E-state index contributed by atoms with van der Waals surface area (Å²) in [6, 6.07) is 25.9. The maximum Gasteiger partial charge on any atom is 0.304 e. The van der Waals surface area contributed by atoms with Gasteiger partial charge < -0.3 is 15.0 Å². The van der Waals surface area contributed by atoms with Crippen LogP contribution in [0.25, 0.3) is 11.1 Å². The molecule has 0 spiro atoms. The van der Waals surface area contributed by atoms with Gasteiger partial charge >= 0.3 is 5.97 Å². The van der Waals surface area contributed by atoms with E-state index in [0.717, 1.165) is 16.7 Å². The molecule has 0 aliphatic rings. The molecule has 0 aliphatic heterocycles. The lowest BCUT2D eigenvalue weighted by molar-refractivity contribution is -0.142. The second kappa shape index (κ2) is 14.1. The summed E-state index contributed by atoms with van der Waals surface area (Å²) >= 11 is -1.68. The number of hydrogen-bond donors (Lipinski definition) is 2. The number of aryl methyl sites for hydroxylation is 1. The van der Waals surface area contributed by atoms with Gasteiger partial charge in [-0.15, -0.1) is 4.31 Å². The number of aliphatic carboxylic acids is 1. The second-order valence-electron chi connectivity index (χ2n) is 10.9. The Kier molecular flexibility index (Phi) is 10.9. The molecule has 0 aromatic heterocycles. The molecule has 3 atom stereocenters. The fraction of sp³-hybridized carbons (Fsp3) is 0.344. The van der Waals surface area contributed by atoms with Crippen LogP contribution in [-0.4, -0.2) is 39.7 Å². The number of para-hydroxylation sites is 1. The van der Waals surface area contributed by atoms with Gasteiger partial charge in [-0.25, -0.2) is 0 Å². The number of nitrogens with one attached hydrogen (secondary N) is 1. The SMILES string of the molecule is C[S+]([O-])N(C(=O)C(NC(=O)C(CCCc1ccc(-c2ccccc2)cc1)CC(=O)O)C(C)(C)C)c1ccccc1. The van der Waals surface area contributed by atoms with E-state index in [2.05, 4.69) is 29.6 Å². The van der Waals surface area contributed by atoms with Crippen molar-refractivity contribution < 1.29 is 24.0 Å².